The second-order valence-corrected chi connectivity index (χ2v) is 11.0. The van der Waals surface area contributed by atoms with Gasteiger partial charge in [0.25, 0.3) is 5.91 Å². The second kappa shape index (κ2) is 12.8. The third kappa shape index (κ3) is 6.19. The van der Waals surface area contributed by atoms with Gasteiger partial charge in [0.2, 0.25) is 12.6 Å². The van der Waals surface area contributed by atoms with E-state index in [2.05, 4.69) is 11.6 Å². The highest BCUT2D eigenvalue weighted by Gasteiger charge is 2.55. The van der Waals surface area contributed by atoms with Crippen molar-refractivity contribution in [2.75, 3.05) is 13.2 Å². The van der Waals surface area contributed by atoms with Crippen molar-refractivity contribution in [1.82, 2.24) is 14.5 Å². The first-order chi connectivity index (χ1) is 21.0. The molecule has 15 heteroatoms. The fourth-order valence-electron chi connectivity index (χ4n) is 6.24. The number of carbonyl (C=O) groups excluding carboxylic acids is 5. The maximum absolute atomic E-state index is 13.6. The number of rotatable bonds is 8. The van der Waals surface area contributed by atoms with E-state index in [9.17, 15) is 24.0 Å². The molecule has 0 radical (unpaired) electrons. The predicted octanol–water partition coefficient (Wildman–Crippen LogP) is 0.928. The number of hydrogen-bond donors (Lipinski definition) is 0. The van der Waals surface area contributed by atoms with Crippen LogP contribution < -0.4 is 0 Å². The van der Waals surface area contributed by atoms with Gasteiger partial charge in [-0.05, 0) is 6.42 Å². The monoisotopic (exact) mass is 617 g/mol. The number of ether oxygens (including phenoxy) is 7. The van der Waals surface area contributed by atoms with Crippen molar-refractivity contribution >= 4 is 29.8 Å². The largest absolute Gasteiger partial charge is 0.471 e. The lowest BCUT2D eigenvalue weighted by Gasteiger charge is -2.49. The fraction of sp³-hybridized carbons (Fsp3) is 0.586. The van der Waals surface area contributed by atoms with Gasteiger partial charge in [-0.2, -0.15) is 0 Å². The predicted molar refractivity (Wildman–Crippen MR) is 144 cm³/mol. The Morgan fingerprint density at radius 1 is 1.00 bits per heavy atom. The average molecular weight is 618 g/mol. The Morgan fingerprint density at radius 2 is 1.68 bits per heavy atom. The van der Waals surface area contributed by atoms with E-state index >= 15 is 0 Å². The maximum Gasteiger partial charge on any atom is 0.303 e. The SMILES string of the molecule is C=C[C@H]1[C@H](O[C@@H]2O[C@H](COC(C)=O)[C@@H](OC(C)=O)[C@H](OC(C)=O)[C@H]2OC(C)=O)OC=C2C(=O)N3CCc4cncn4[C@H]3C[C@H]21. The molecule has 2 fully saturated rings. The zero-order valence-corrected chi connectivity index (χ0v) is 24.8. The van der Waals surface area contributed by atoms with E-state index in [0.717, 1.165) is 26.5 Å². The van der Waals surface area contributed by atoms with Crippen molar-refractivity contribution in [3.05, 3.63) is 42.7 Å². The van der Waals surface area contributed by atoms with E-state index in [1.807, 2.05) is 4.57 Å². The average Bonchev–Trinajstić information content (AvgIpc) is 3.44. The van der Waals surface area contributed by atoms with Crippen LogP contribution in [0.25, 0.3) is 0 Å². The third-order valence-corrected chi connectivity index (χ3v) is 8.00. The van der Waals surface area contributed by atoms with Crippen molar-refractivity contribution in [1.29, 1.82) is 0 Å². The Balaban J connectivity index is 1.45. The molecule has 2 saturated heterocycles. The molecule has 0 spiro atoms. The molecule has 0 saturated carbocycles. The lowest BCUT2D eigenvalue weighted by Crippen LogP contribution is -2.63. The van der Waals surface area contributed by atoms with Gasteiger partial charge in [-0.25, -0.2) is 4.98 Å². The van der Waals surface area contributed by atoms with E-state index in [-0.39, 0.29) is 18.0 Å². The van der Waals surface area contributed by atoms with Gasteiger partial charge in [-0.15, -0.1) is 6.58 Å². The number of piperidine rings is 1. The summed E-state index contributed by atoms with van der Waals surface area (Å²) in [4.78, 5) is 67.6. The van der Waals surface area contributed by atoms with Crippen LogP contribution in [0.15, 0.2) is 37.0 Å². The van der Waals surface area contributed by atoms with Crippen LogP contribution in [0.1, 0.15) is 46.0 Å². The minimum atomic E-state index is -1.45. The van der Waals surface area contributed by atoms with Gasteiger partial charge in [0.05, 0.1) is 18.2 Å². The summed E-state index contributed by atoms with van der Waals surface area (Å²) in [5.74, 6) is -4.01. The molecule has 15 nitrogen and oxygen atoms in total. The first-order valence-corrected chi connectivity index (χ1v) is 14.2. The Labute approximate surface area is 253 Å². The summed E-state index contributed by atoms with van der Waals surface area (Å²) in [5, 5.41) is 0. The van der Waals surface area contributed by atoms with E-state index in [1.165, 1.54) is 13.2 Å². The summed E-state index contributed by atoms with van der Waals surface area (Å²) in [6, 6.07) is 0. The summed E-state index contributed by atoms with van der Waals surface area (Å²) in [6.45, 7) is 8.70. The quantitative estimate of drug-likeness (QED) is 0.229. The van der Waals surface area contributed by atoms with E-state index < -0.39 is 73.4 Å². The van der Waals surface area contributed by atoms with Gasteiger partial charge in [0.15, 0.2) is 18.3 Å². The first kappa shape index (κ1) is 31.2. The molecule has 1 aromatic heterocycles. The smallest absolute Gasteiger partial charge is 0.303 e. The molecule has 0 unspecified atom stereocenters. The second-order valence-electron chi connectivity index (χ2n) is 11.0. The zero-order valence-electron chi connectivity index (χ0n) is 24.8. The molecule has 4 aliphatic heterocycles. The number of esters is 4. The Hall–Kier alpha value is -4.24. The van der Waals surface area contributed by atoms with Crippen LogP contribution >= 0.6 is 0 Å². The molecule has 238 valence electrons. The van der Waals surface area contributed by atoms with Crippen LogP contribution in [0.2, 0.25) is 0 Å². The molecule has 0 bridgehead atoms. The number of fused-ring (bicyclic) bond motifs is 4. The molecule has 44 heavy (non-hydrogen) atoms. The molecule has 9 atom stereocenters. The van der Waals surface area contributed by atoms with Gasteiger partial charge in [-0.1, -0.05) is 6.08 Å². The van der Waals surface area contributed by atoms with Crippen molar-refractivity contribution in [3.8, 4) is 0 Å². The highest BCUT2D eigenvalue weighted by molar-refractivity contribution is 5.95. The van der Waals surface area contributed by atoms with Crippen molar-refractivity contribution < 1.29 is 57.1 Å². The number of imidazole rings is 1. The normalized spacial score (nSPS) is 32.5. The number of carbonyl (C=O) groups is 5. The minimum absolute atomic E-state index is 0.164. The van der Waals surface area contributed by atoms with Crippen LogP contribution in [-0.4, -0.2) is 94.4 Å². The molecule has 0 aromatic carbocycles. The highest BCUT2D eigenvalue weighted by atomic mass is 16.8. The molecule has 1 amide bonds. The fourth-order valence-corrected chi connectivity index (χ4v) is 6.24. The lowest BCUT2D eigenvalue weighted by atomic mass is 9.77. The number of nitrogens with zero attached hydrogens (tertiary/aromatic N) is 3. The van der Waals surface area contributed by atoms with Crippen molar-refractivity contribution in [2.24, 2.45) is 11.8 Å². The molecule has 1 aromatic rings. The Morgan fingerprint density at radius 3 is 2.34 bits per heavy atom. The van der Waals surface area contributed by atoms with Crippen molar-refractivity contribution in [2.45, 2.75) is 83.7 Å². The molecular weight excluding hydrogens is 582 g/mol. The van der Waals surface area contributed by atoms with Gasteiger partial charge in [-0.3, -0.25) is 24.0 Å². The summed E-state index contributed by atoms with van der Waals surface area (Å²) in [7, 11) is 0. The highest BCUT2D eigenvalue weighted by Crippen LogP contribution is 2.45. The van der Waals surface area contributed by atoms with Crippen LogP contribution in [0.4, 0.5) is 0 Å². The van der Waals surface area contributed by atoms with Gasteiger partial charge in [0, 0.05) is 64.4 Å². The number of amides is 1. The Bertz CT molecular complexity index is 1360. The van der Waals surface area contributed by atoms with Crippen LogP contribution in [-0.2, 0) is 63.6 Å². The molecule has 0 N–H and O–H groups in total. The number of hydrogen-bond acceptors (Lipinski definition) is 13. The van der Waals surface area contributed by atoms with E-state index in [1.54, 1.807) is 23.5 Å². The van der Waals surface area contributed by atoms with Gasteiger partial charge >= 0.3 is 23.9 Å². The summed E-state index contributed by atoms with van der Waals surface area (Å²) >= 11 is 0. The van der Waals surface area contributed by atoms with Gasteiger partial charge < -0.3 is 42.6 Å². The summed E-state index contributed by atoms with van der Waals surface area (Å²) < 4.78 is 41.8. The minimum Gasteiger partial charge on any atom is -0.471 e. The zero-order chi connectivity index (χ0) is 31.7. The van der Waals surface area contributed by atoms with Crippen LogP contribution in [0.3, 0.4) is 0 Å². The van der Waals surface area contributed by atoms with Gasteiger partial charge in [0.1, 0.15) is 18.9 Å². The maximum atomic E-state index is 13.6. The lowest BCUT2D eigenvalue weighted by molar-refractivity contribution is -0.342. The van der Waals surface area contributed by atoms with Crippen LogP contribution in [0.5, 0.6) is 0 Å². The molecule has 4 aliphatic rings. The molecule has 0 aliphatic carbocycles. The van der Waals surface area contributed by atoms with E-state index in [4.69, 9.17) is 33.2 Å². The van der Waals surface area contributed by atoms with E-state index in [0.29, 0.717) is 25.0 Å². The number of aromatic nitrogens is 2. The topological polar surface area (TPSA) is 171 Å². The molecular formula is C29H35N3O12. The summed E-state index contributed by atoms with van der Waals surface area (Å²) in [5.41, 5.74) is 1.50. The first-order valence-electron chi connectivity index (χ1n) is 14.2. The third-order valence-electron chi connectivity index (χ3n) is 8.00. The Kier molecular flexibility index (Phi) is 9.06. The molecule has 5 heterocycles. The summed E-state index contributed by atoms with van der Waals surface area (Å²) in [6.07, 6.45) is -0.457. The standard InChI is InChI=1S/C29H35N3O12/c1-6-19-20-9-23-31(8-7-18-10-30-13-32(18)23)27(37)21(20)11-39-28(19)44-29-26(42-17(5)36)25(41-16(4)35)24(40-15(3)34)22(43-29)12-38-14(2)33/h6,10-11,13,19-20,22-26,28-29H,1,7-9,12H2,2-5H3/t19-,20+,22-,23+,24-,25+,26-,28+,29+/m1/s1. The van der Waals surface area contributed by atoms with Crippen molar-refractivity contribution in [3.63, 3.8) is 0 Å². The molecule has 5 rings (SSSR count). The van der Waals surface area contributed by atoms with Crippen LogP contribution in [0, 0.1) is 11.8 Å².